The van der Waals surface area contributed by atoms with E-state index >= 15 is 0 Å². The Morgan fingerprint density at radius 1 is 1.10 bits per heavy atom. The van der Waals surface area contributed by atoms with Gasteiger partial charge in [0.1, 0.15) is 5.75 Å². The van der Waals surface area contributed by atoms with Crippen LogP contribution in [-0.4, -0.2) is 40.6 Å². The van der Waals surface area contributed by atoms with Crippen LogP contribution in [0.1, 0.15) is 5.56 Å². The van der Waals surface area contributed by atoms with Crippen LogP contribution in [0.25, 0.3) is 0 Å². The highest BCUT2D eigenvalue weighted by atomic mass is 31.2. The van der Waals surface area contributed by atoms with E-state index in [1.54, 1.807) is 19.2 Å². The fourth-order valence-corrected chi connectivity index (χ4v) is 3.19. The summed E-state index contributed by atoms with van der Waals surface area (Å²) in [7, 11) is 2.20. The van der Waals surface area contributed by atoms with Gasteiger partial charge in [0.15, 0.2) is 0 Å². The Bertz CT molecular complexity index is 491. The third-order valence-corrected chi connectivity index (χ3v) is 5.18. The van der Waals surface area contributed by atoms with Gasteiger partial charge in [-0.15, -0.1) is 0 Å². The first-order chi connectivity index (χ1) is 9.97. The molecule has 0 radical (unpaired) electrons. The van der Waals surface area contributed by atoms with Gasteiger partial charge in [0, 0.05) is 14.2 Å². The Labute approximate surface area is 124 Å². The van der Waals surface area contributed by atoms with Gasteiger partial charge in [-0.3, -0.25) is 9.36 Å². The van der Waals surface area contributed by atoms with Crippen molar-refractivity contribution in [3.8, 4) is 5.75 Å². The molecule has 1 rings (SSSR count). The summed E-state index contributed by atoms with van der Waals surface area (Å²) < 4.78 is 31.8. The zero-order valence-electron chi connectivity index (χ0n) is 12.7. The van der Waals surface area contributed by atoms with E-state index in [1.807, 2.05) is 12.1 Å². The molecule has 118 valence electrons. The van der Waals surface area contributed by atoms with Crippen molar-refractivity contribution >= 4 is 13.6 Å². The Kier molecular flexibility index (Phi) is 6.89. The summed E-state index contributed by atoms with van der Waals surface area (Å²) in [6, 6.07) is 7.30. The van der Waals surface area contributed by atoms with Gasteiger partial charge in [-0.25, -0.2) is 0 Å². The van der Waals surface area contributed by atoms with Crippen LogP contribution < -0.4 is 4.74 Å². The second-order valence-corrected chi connectivity index (χ2v) is 6.75. The Morgan fingerprint density at radius 3 is 2.10 bits per heavy atom. The smallest absolute Gasteiger partial charge is 0.331 e. The largest absolute Gasteiger partial charge is 0.497 e. The summed E-state index contributed by atoms with van der Waals surface area (Å²) in [4.78, 5) is 11.9. The number of rotatable bonds is 8. The summed E-state index contributed by atoms with van der Waals surface area (Å²) in [5.74, 6) is -0.318. The fraction of sp³-hybridized carbons (Fsp3) is 0.500. The second kappa shape index (κ2) is 8.17. The van der Waals surface area contributed by atoms with Crippen LogP contribution in [0.15, 0.2) is 24.3 Å². The first-order valence-corrected chi connectivity index (χ1v) is 8.12. The molecule has 0 fully saturated rings. The van der Waals surface area contributed by atoms with Gasteiger partial charge in [0.2, 0.25) is 0 Å². The molecule has 0 amide bonds. The van der Waals surface area contributed by atoms with Gasteiger partial charge in [0.05, 0.1) is 26.3 Å². The summed E-state index contributed by atoms with van der Waals surface area (Å²) >= 11 is 0. The molecule has 0 aliphatic carbocycles. The van der Waals surface area contributed by atoms with Gasteiger partial charge in [-0.1, -0.05) is 12.1 Å². The van der Waals surface area contributed by atoms with Crippen LogP contribution in [0.2, 0.25) is 0 Å². The molecule has 1 aromatic rings. The molecule has 1 aromatic carbocycles. The van der Waals surface area contributed by atoms with E-state index in [1.165, 1.54) is 21.3 Å². The van der Waals surface area contributed by atoms with Crippen molar-refractivity contribution in [2.24, 2.45) is 5.92 Å². The van der Waals surface area contributed by atoms with Crippen molar-refractivity contribution in [1.82, 2.24) is 0 Å². The molecule has 0 saturated heterocycles. The van der Waals surface area contributed by atoms with E-state index in [-0.39, 0.29) is 6.16 Å². The number of esters is 1. The molecule has 0 aliphatic rings. The van der Waals surface area contributed by atoms with Crippen molar-refractivity contribution in [2.45, 2.75) is 6.42 Å². The quantitative estimate of drug-likeness (QED) is 0.542. The van der Waals surface area contributed by atoms with Gasteiger partial charge in [-0.2, -0.15) is 0 Å². The summed E-state index contributed by atoms with van der Waals surface area (Å²) in [5.41, 5.74) is 0.907. The summed E-state index contributed by atoms with van der Waals surface area (Å²) in [6.45, 7) is 0. The molecule has 0 aromatic heterocycles. The zero-order chi connectivity index (χ0) is 15.9. The van der Waals surface area contributed by atoms with E-state index in [9.17, 15) is 9.36 Å². The predicted octanol–water partition coefficient (Wildman–Crippen LogP) is 2.51. The number of carbonyl (C=O) groups excluding carboxylic acids is 1. The maximum Gasteiger partial charge on any atom is 0.331 e. The standard InChI is InChI=1S/C14H21O6P/c1-17-13-7-5-11(6-8-13)9-12(14(15)18-2)10-21(16,19-3)20-4/h5-8,12H,9-10H2,1-4H3/t12-/m1/s1. The number of benzene rings is 1. The van der Waals surface area contributed by atoms with E-state index < -0.39 is 19.5 Å². The molecule has 1 atom stereocenters. The van der Waals surface area contributed by atoms with Crippen LogP contribution in [0.4, 0.5) is 0 Å². The fourth-order valence-electron chi connectivity index (χ4n) is 1.93. The van der Waals surface area contributed by atoms with E-state index in [0.717, 1.165) is 11.3 Å². The van der Waals surface area contributed by atoms with Crippen molar-refractivity contribution in [3.63, 3.8) is 0 Å². The average molecular weight is 316 g/mol. The topological polar surface area (TPSA) is 71.1 Å². The molecule has 0 aliphatic heterocycles. The monoisotopic (exact) mass is 316 g/mol. The minimum Gasteiger partial charge on any atom is -0.497 e. The lowest BCUT2D eigenvalue weighted by atomic mass is 10.0. The third kappa shape index (κ3) is 5.16. The molecule has 7 heteroatoms. The molecular weight excluding hydrogens is 295 g/mol. The van der Waals surface area contributed by atoms with Gasteiger partial charge < -0.3 is 18.5 Å². The van der Waals surface area contributed by atoms with E-state index in [4.69, 9.17) is 18.5 Å². The van der Waals surface area contributed by atoms with Crippen LogP contribution in [0.5, 0.6) is 5.75 Å². The zero-order valence-corrected chi connectivity index (χ0v) is 13.6. The molecular formula is C14H21O6P. The minimum absolute atomic E-state index is 0.0291. The van der Waals surface area contributed by atoms with Gasteiger partial charge >= 0.3 is 13.6 Å². The average Bonchev–Trinajstić information content (AvgIpc) is 2.54. The molecule has 0 spiro atoms. The molecule has 0 saturated carbocycles. The normalized spacial score (nSPS) is 12.8. The van der Waals surface area contributed by atoms with Crippen molar-refractivity contribution < 1.29 is 27.9 Å². The lowest BCUT2D eigenvalue weighted by Gasteiger charge is -2.20. The van der Waals surface area contributed by atoms with Crippen LogP contribution >= 0.6 is 7.60 Å². The first-order valence-electron chi connectivity index (χ1n) is 6.39. The second-order valence-electron chi connectivity index (χ2n) is 4.43. The highest BCUT2D eigenvalue weighted by molar-refractivity contribution is 7.53. The lowest BCUT2D eigenvalue weighted by molar-refractivity contribution is -0.144. The highest BCUT2D eigenvalue weighted by Gasteiger charge is 2.32. The number of carbonyl (C=O) groups is 1. The third-order valence-electron chi connectivity index (χ3n) is 3.18. The van der Waals surface area contributed by atoms with Gasteiger partial charge in [-0.05, 0) is 24.1 Å². The molecule has 21 heavy (non-hydrogen) atoms. The maximum absolute atomic E-state index is 12.2. The Balaban J connectivity index is 2.87. The molecule has 0 unspecified atom stereocenters. The summed E-state index contributed by atoms with van der Waals surface area (Å²) in [5, 5.41) is 0. The molecule has 0 bridgehead atoms. The SMILES string of the molecule is COC(=O)[C@H](Cc1ccc(OC)cc1)CP(=O)(OC)OC. The Morgan fingerprint density at radius 2 is 1.67 bits per heavy atom. The lowest BCUT2D eigenvalue weighted by Crippen LogP contribution is -2.23. The maximum atomic E-state index is 12.2. The van der Waals surface area contributed by atoms with E-state index in [0.29, 0.717) is 6.42 Å². The highest BCUT2D eigenvalue weighted by Crippen LogP contribution is 2.48. The van der Waals surface area contributed by atoms with Crippen LogP contribution in [0.3, 0.4) is 0 Å². The predicted molar refractivity (Wildman–Crippen MR) is 78.7 cm³/mol. The van der Waals surface area contributed by atoms with Gasteiger partial charge in [0.25, 0.3) is 0 Å². The van der Waals surface area contributed by atoms with Crippen LogP contribution in [0, 0.1) is 5.92 Å². The first kappa shape index (κ1) is 17.7. The number of hydrogen-bond donors (Lipinski definition) is 0. The van der Waals surface area contributed by atoms with Crippen molar-refractivity contribution in [2.75, 3.05) is 34.6 Å². The van der Waals surface area contributed by atoms with Crippen molar-refractivity contribution in [1.29, 1.82) is 0 Å². The molecule has 0 N–H and O–H groups in total. The summed E-state index contributed by atoms with van der Waals surface area (Å²) in [6.07, 6.45) is 0.353. The minimum atomic E-state index is -3.28. The number of ether oxygens (including phenoxy) is 2. The molecule has 0 heterocycles. The molecule has 6 nitrogen and oxygen atoms in total. The van der Waals surface area contributed by atoms with Crippen LogP contribution in [-0.2, 0) is 29.6 Å². The van der Waals surface area contributed by atoms with Crippen molar-refractivity contribution in [3.05, 3.63) is 29.8 Å². The number of hydrogen-bond acceptors (Lipinski definition) is 6. The Hall–Kier alpha value is -1.36. The van der Waals surface area contributed by atoms with E-state index in [2.05, 4.69) is 0 Å². The number of methoxy groups -OCH3 is 2.